The van der Waals surface area contributed by atoms with Crippen LogP contribution in [0.15, 0.2) is 91.0 Å². The molecule has 5 heteroatoms. The molecule has 4 rings (SSSR count). The number of aliphatic hydroxyl groups is 1. The molecule has 1 N–H and O–H groups in total. The fraction of sp³-hybridized carbons (Fsp3) is 0.333. The molecule has 168 valence electrons. The van der Waals surface area contributed by atoms with Gasteiger partial charge in [-0.1, -0.05) is 91.0 Å². The van der Waals surface area contributed by atoms with Crippen LogP contribution >= 0.6 is 11.6 Å². The van der Waals surface area contributed by atoms with Crippen molar-refractivity contribution in [3.05, 3.63) is 108 Å². The van der Waals surface area contributed by atoms with Crippen molar-refractivity contribution < 1.29 is 14.6 Å². The summed E-state index contributed by atoms with van der Waals surface area (Å²) in [7, 11) is 0. The second kappa shape index (κ2) is 11.6. The Hall–Kier alpha value is -2.21. The van der Waals surface area contributed by atoms with Gasteiger partial charge in [0, 0.05) is 19.0 Å². The molecule has 32 heavy (non-hydrogen) atoms. The number of halogens is 1. The van der Waals surface area contributed by atoms with Crippen LogP contribution in [-0.2, 0) is 29.2 Å². The molecule has 0 aliphatic carbocycles. The van der Waals surface area contributed by atoms with Crippen molar-refractivity contribution in [2.24, 2.45) is 0 Å². The molecule has 0 saturated carbocycles. The standard InChI is InChI=1S/C27H30ClNO3/c28-16-24-26(31-19-22-12-6-2-7-13-22)27(32-20-23-14-8-3-9-15-23)25(30)18-29(24)17-21-10-4-1-5-11-21/h1-15,24-27,30H,16-20H2/t24-,25+,26-,27-/m1/s1. The van der Waals surface area contributed by atoms with Crippen LogP contribution in [0, 0.1) is 0 Å². The molecular formula is C27H30ClNO3. The molecule has 0 spiro atoms. The molecule has 0 unspecified atom stereocenters. The van der Waals surface area contributed by atoms with E-state index in [0.717, 1.165) is 11.1 Å². The zero-order valence-electron chi connectivity index (χ0n) is 18.1. The van der Waals surface area contributed by atoms with E-state index in [1.54, 1.807) is 0 Å². The fourth-order valence-corrected chi connectivity index (χ4v) is 4.63. The Balaban J connectivity index is 1.53. The minimum absolute atomic E-state index is 0.0789. The molecule has 1 fully saturated rings. The van der Waals surface area contributed by atoms with Gasteiger partial charge in [0.1, 0.15) is 12.2 Å². The summed E-state index contributed by atoms with van der Waals surface area (Å²) >= 11 is 6.49. The van der Waals surface area contributed by atoms with Crippen molar-refractivity contribution in [3.63, 3.8) is 0 Å². The Morgan fingerprint density at radius 1 is 0.719 bits per heavy atom. The number of hydrogen-bond acceptors (Lipinski definition) is 4. The number of piperidine rings is 1. The first-order chi connectivity index (χ1) is 15.7. The second-order valence-electron chi connectivity index (χ2n) is 8.23. The first kappa shape index (κ1) is 23.0. The van der Waals surface area contributed by atoms with Crippen LogP contribution in [0.5, 0.6) is 0 Å². The summed E-state index contributed by atoms with van der Waals surface area (Å²) in [6.45, 7) is 2.04. The van der Waals surface area contributed by atoms with E-state index in [0.29, 0.717) is 32.2 Å². The molecule has 0 amide bonds. The Kier molecular flexibility index (Phi) is 8.32. The molecule has 0 aromatic heterocycles. The number of alkyl halides is 1. The van der Waals surface area contributed by atoms with Gasteiger partial charge in [-0.05, 0) is 16.7 Å². The largest absolute Gasteiger partial charge is 0.389 e. The van der Waals surface area contributed by atoms with Crippen LogP contribution in [0.3, 0.4) is 0 Å². The zero-order valence-corrected chi connectivity index (χ0v) is 18.9. The highest BCUT2D eigenvalue weighted by Crippen LogP contribution is 2.28. The third-order valence-corrected chi connectivity index (χ3v) is 6.25. The highest BCUT2D eigenvalue weighted by atomic mass is 35.5. The Morgan fingerprint density at radius 3 is 1.69 bits per heavy atom. The number of β-amino-alcohol motifs (C(OH)–C–C–N with tert-alkyl or cyclic N) is 1. The summed E-state index contributed by atoms with van der Waals surface area (Å²) in [5.74, 6) is 0.393. The summed E-state index contributed by atoms with van der Waals surface area (Å²) in [6.07, 6.45) is -1.50. The van der Waals surface area contributed by atoms with E-state index in [9.17, 15) is 5.11 Å². The van der Waals surface area contributed by atoms with E-state index in [1.165, 1.54) is 5.56 Å². The van der Waals surface area contributed by atoms with Gasteiger partial charge in [0.05, 0.1) is 25.4 Å². The highest BCUT2D eigenvalue weighted by molar-refractivity contribution is 6.18. The maximum atomic E-state index is 11.1. The number of likely N-dealkylation sites (tertiary alicyclic amines) is 1. The van der Waals surface area contributed by atoms with Crippen molar-refractivity contribution in [1.29, 1.82) is 0 Å². The maximum Gasteiger partial charge on any atom is 0.113 e. The minimum atomic E-state index is -0.678. The van der Waals surface area contributed by atoms with E-state index in [1.807, 2.05) is 78.9 Å². The monoisotopic (exact) mass is 451 g/mol. The van der Waals surface area contributed by atoms with Gasteiger partial charge in [-0.15, -0.1) is 11.6 Å². The number of ether oxygens (including phenoxy) is 2. The second-order valence-corrected chi connectivity index (χ2v) is 8.54. The average molecular weight is 452 g/mol. The maximum absolute atomic E-state index is 11.1. The van der Waals surface area contributed by atoms with Gasteiger partial charge in [0.25, 0.3) is 0 Å². The molecule has 1 aliphatic heterocycles. The van der Waals surface area contributed by atoms with Gasteiger partial charge >= 0.3 is 0 Å². The van der Waals surface area contributed by atoms with Gasteiger partial charge in [0.15, 0.2) is 0 Å². The number of aliphatic hydroxyl groups excluding tert-OH is 1. The van der Waals surface area contributed by atoms with E-state index in [4.69, 9.17) is 21.1 Å². The summed E-state index contributed by atoms with van der Waals surface area (Å²) in [4.78, 5) is 2.21. The lowest BCUT2D eigenvalue weighted by Gasteiger charge is -2.46. The van der Waals surface area contributed by atoms with Crippen molar-refractivity contribution in [2.45, 2.75) is 44.1 Å². The van der Waals surface area contributed by atoms with E-state index in [-0.39, 0.29) is 12.1 Å². The Morgan fingerprint density at radius 2 is 1.19 bits per heavy atom. The lowest BCUT2D eigenvalue weighted by molar-refractivity contribution is -0.185. The smallest absolute Gasteiger partial charge is 0.113 e. The zero-order chi connectivity index (χ0) is 22.2. The third-order valence-electron chi connectivity index (χ3n) is 5.93. The van der Waals surface area contributed by atoms with Gasteiger partial charge in [0.2, 0.25) is 0 Å². The number of nitrogens with zero attached hydrogens (tertiary/aromatic N) is 1. The number of rotatable bonds is 9. The number of hydrogen-bond donors (Lipinski definition) is 1. The van der Waals surface area contributed by atoms with Crippen molar-refractivity contribution >= 4 is 11.6 Å². The van der Waals surface area contributed by atoms with E-state index < -0.39 is 12.2 Å². The van der Waals surface area contributed by atoms with Crippen molar-refractivity contribution in [3.8, 4) is 0 Å². The Bertz CT molecular complexity index is 923. The molecular weight excluding hydrogens is 422 g/mol. The van der Waals surface area contributed by atoms with Crippen LogP contribution in [-0.4, -0.2) is 46.8 Å². The SMILES string of the molecule is O[C@H]1CN(Cc2ccccc2)[C@H](CCl)[C@@H](OCc2ccccc2)[C@@H]1OCc1ccccc1. The predicted octanol–water partition coefficient (Wildman–Crippen LogP) is 4.64. The van der Waals surface area contributed by atoms with Gasteiger partial charge < -0.3 is 14.6 Å². The summed E-state index contributed by atoms with van der Waals surface area (Å²) in [5, 5.41) is 11.1. The Labute approximate surface area is 195 Å². The van der Waals surface area contributed by atoms with Crippen LogP contribution < -0.4 is 0 Å². The highest BCUT2D eigenvalue weighted by Gasteiger charge is 2.44. The molecule has 0 bridgehead atoms. The molecule has 3 aromatic carbocycles. The summed E-state index contributed by atoms with van der Waals surface area (Å²) < 4.78 is 12.7. The minimum Gasteiger partial charge on any atom is -0.389 e. The van der Waals surface area contributed by atoms with Crippen molar-refractivity contribution in [2.75, 3.05) is 12.4 Å². The van der Waals surface area contributed by atoms with Crippen LogP contribution in [0.2, 0.25) is 0 Å². The van der Waals surface area contributed by atoms with Gasteiger partial charge in [-0.3, -0.25) is 4.90 Å². The van der Waals surface area contributed by atoms with Crippen molar-refractivity contribution in [1.82, 2.24) is 4.90 Å². The quantitative estimate of drug-likeness (QED) is 0.481. The summed E-state index contributed by atoms with van der Waals surface area (Å²) in [5.41, 5.74) is 3.33. The molecule has 1 aliphatic rings. The molecule has 1 heterocycles. The van der Waals surface area contributed by atoms with Crippen LogP contribution in [0.25, 0.3) is 0 Å². The summed E-state index contributed by atoms with van der Waals surface area (Å²) in [6, 6.07) is 30.2. The first-order valence-corrected chi connectivity index (χ1v) is 11.6. The van der Waals surface area contributed by atoms with Gasteiger partial charge in [-0.25, -0.2) is 0 Å². The third kappa shape index (κ3) is 5.97. The topological polar surface area (TPSA) is 41.9 Å². The lowest BCUT2D eigenvalue weighted by Crippen LogP contribution is -2.63. The van der Waals surface area contributed by atoms with Gasteiger partial charge in [-0.2, -0.15) is 0 Å². The predicted molar refractivity (Wildman–Crippen MR) is 127 cm³/mol. The van der Waals surface area contributed by atoms with E-state index >= 15 is 0 Å². The molecule has 4 atom stereocenters. The molecule has 4 nitrogen and oxygen atoms in total. The first-order valence-electron chi connectivity index (χ1n) is 11.1. The average Bonchev–Trinajstić information content (AvgIpc) is 2.84. The van der Waals surface area contributed by atoms with Crippen LogP contribution in [0.4, 0.5) is 0 Å². The molecule has 1 saturated heterocycles. The van der Waals surface area contributed by atoms with Crippen LogP contribution in [0.1, 0.15) is 16.7 Å². The lowest BCUT2D eigenvalue weighted by atomic mass is 9.93. The normalized spacial score (nSPS) is 23.8. The van der Waals surface area contributed by atoms with E-state index in [2.05, 4.69) is 17.0 Å². The molecule has 0 radical (unpaired) electrons. The molecule has 3 aromatic rings. The fourth-order valence-electron chi connectivity index (χ4n) is 4.26. The number of benzene rings is 3.